The van der Waals surface area contributed by atoms with Gasteiger partial charge in [-0.05, 0) is 17.7 Å². The van der Waals surface area contributed by atoms with Crippen molar-refractivity contribution in [2.45, 2.75) is 5.75 Å². The molecule has 78 valence electrons. The normalized spacial score (nSPS) is 11.3. The Hall–Kier alpha value is -1.27. The van der Waals surface area contributed by atoms with Gasteiger partial charge >= 0.3 is 0 Å². The fraction of sp³-hybridized carbons (Fsp3) is 0.250. The zero-order valence-corrected chi connectivity index (χ0v) is 8.41. The molecule has 1 aromatic rings. The maximum atomic E-state index is 10.5. The molecule has 0 atom stereocenters. The summed E-state index contributed by atoms with van der Waals surface area (Å²) in [4.78, 5) is 0. The first kappa shape index (κ1) is 10.8. The summed E-state index contributed by atoms with van der Waals surface area (Å²) in [5.74, 6) is 0.0327. The van der Waals surface area contributed by atoms with Crippen molar-refractivity contribution < 1.29 is 17.7 Å². The SMILES string of the molecule is COc1ccc(CS(=O)(=O)O)cc1N. The average Bonchev–Trinajstić information content (AvgIpc) is 2.01. The molecule has 5 nitrogen and oxygen atoms in total. The predicted octanol–water partition coefficient (Wildman–Crippen LogP) is 0.665. The van der Waals surface area contributed by atoms with E-state index in [0.29, 0.717) is 17.0 Å². The molecule has 0 unspecified atom stereocenters. The van der Waals surface area contributed by atoms with Crippen molar-refractivity contribution in [1.82, 2.24) is 0 Å². The minimum absolute atomic E-state index is 0.341. The van der Waals surface area contributed by atoms with Gasteiger partial charge in [0.05, 0.1) is 12.8 Å². The van der Waals surface area contributed by atoms with E-state index in [1.165, 1.54) is 19.2 Å². The molecule has 0 spiro atoms. The summed E-state index contributed by atoms with van der Waals surface area (Å²) >= 11 is 0. The lowest BCUT2D eigenvalue weighted by Gasteiger charge is -2.05. The summed E-state index contributed by atoms with van der Waals surface area (Å²) in [6, 6.07) is 4.53. The van der Waals surface area contributed by atoms with Crippen molar-refractivity contribution in [2.75, 3.05) is 12.8 Å². The molecule has 1 rings (SSSR count). The van der Waals surface area contributed by atoms with E-state index in [-0.39, 0.29) is 0 Å². The second-order valence-electron chi connectivity index (χ2n) is 2.80. The first-order valence-corrected chi connectivity index (χ1v) is 5.41. The Bertz CT molecular complexity index is 427. The number of rotatable bonds is 3. The number of nitrogen functional groups attached to an aromatic ring is 1. The van der Waals surface area contributed by atoms with E-state index in [1.54, 1.807) is 6.07 Å². The van der Waals surface area contributed by atoms with Crippen LogP contribution in [-0.2, 0) is 15.9 Å². The van der Waals surface area contributed by atoms with Gasteiger partial charge in [-0.1, -0.05) is 6.07 Å². The molecule has 3 N–H and O–H groups in total. The summed E-state index contributed by atoms with van der Waals surface area (Å²) in [5, 5.41) is 0. The quantitative estimate of drug-likeness (QED) is 0.573. The van der Waals surface area contributed by atoms with E-state index in [9.17, 15) is 8.42 Å². The number of methoxy groups -OCH3 is 1. The Morgan fingerprint density at radius 2 is 2.14 bits per heavy atom. The molecule has 0 heterocycles. The molecule has 0 saturated heterocycles. The molecule has 0 saturated carbocycles. The minimum atomic E-state index is -4.01. The highest BCUT2D eigenvalue weighted by Gasteiger charge is 2.08. The van der Waals surface area contributed by atoms with Crippen molar-refractivity contribution in [3.63, 3.8) is 0 Å². The molecule has 0 radical (unpaired) electrons. The summed E-state index contributed by atoms with van der Waals surface area (Å²) in [6.07, 6.45) is 0. The lowest BCUT2D eigenvalue weighted by atomic mass is 10.2. The number of hydrogen-bond acceptors (Lipinski definition) is 4. The van der Waals surface area contributed by atoms with E-state index in [1.807, 2.05) is 0 Å². The van der Waals surface area contributed by atoms with Crippen LogP contribution in [0.25, 0.3) is 0 Å². The molecule has 0 aliphatic carbocycles. The molecule has 1 aromatic carbocycles. The molecule has 0 aliphatic heterocycles. The van der Waals surface area contributed by atoms with Crippen LogP contribution < -0.4 is 10.5 Å². The van der Waals surface area contributed by atoms with Gasteiger partial charge in [-0.25, -0.2) is 0 Å². The molecule has 0 fully saturated rings. The highest BCUT2D eigenvalue weighted by molar-refractivity contribution is 7.85. The van der Waals surface area contributed by atoms with Gasteiger partial charge < -0.3 is 10.5 Å². The average molecular weight is 217 g/mol. The summed E-state index contributed by atoms with van der Waals surface area (Å²) in [7, 11) is -2.54. The van der Waals surface area contributed by atoms with E-state index in [2.05, 4.69) is 0 Å². The zero-order chi connectivity index (χ0) is 10.8. The topological polar surface area (TPSA) is 89.6 Å². The summed E-state index contributed by atoms with van der Waals surface area (Å²) in [6.45, 7) is 0. The van der Waals surface area contributed by atoms with Crippen LogP contribution in [0, 0.1) is 0 Å². The third-order valence-electron chi connectivity index (χ3n) is 1.64. The Morgan fingerprint density at radius 1 is 1.50 bits per heavy atom. The maximum Gasteiger partial charge on any atom is 0.269 e. The summed E-state index contributed by atoms with van der Waals surface area (Å²) < 4.78 is 34.6. The van der Waals surface area contributed by atoms with Crippen molar-refractivity contribution >= 4 is 15.8 Å². The van der Waals surface area contributed by atoms with Crippen LogP contribution in [0.4, 0.5) is 5.69 Å². The van der Waals surface area contributed by atoms with E-state index in [0.717, 1.165) is 0 Å². The number of ether oxygens (including phenoxy) is 1. The molecule has 0 amide bonds. The van der Waals surface area contributed by atoms with Gasteiger partial charge in [0, 0.05) is 0 Å². The lowest BCUT2D eigenvalue weighted by molar-refractivity contribution is 0.417. The lowest BCUT2D eigenvalue weighted by Crippen LogP contribution is -2.02. The van der Waals surface area contributed by atoms with Crippen molar-refractivity contribution in [1.29, 1.82) is 0 Å². The molecular formula is C8H11NO4S. The van der Waals surface area contributed by atoms with Crippen LogP contribution in [0.1, 0.15) is 5.56 Å². The Balaban J connectivity index is 2.98. The predicted molar refractivity (Wildman–Crippen MR) is 52.7 cm³/mol. The zero-order valence-electron chi connectivity index (χ0n) is 7.60. The van der Waals surface area contributed by atoms with Gasteiger partial charge in [0.15, 0.2) is 0 Å². The minimum Gasteiger partial charge on any atom is -0.495 e. The van der Waals surface area contributed by atoms with Gasteiger partial charge in [0.1, 0.15) is 11.5 Å². The smallest absolute Gasteiger partial charge is 0.269 e. The second-order valence-corrected chi connectivity index (χ2v) is 4.26. The maximum absolute atomic E-state index is 10.5. The first-order valence-electron chi connectivity index (χ1n) is 3.80. The number of hydrogen-bond donors (Lipinski definition) is 2. The van der Waals surface area contributed by atoms with Crippen LogP contribution in [0.5, 0.6) is 5.75 Å². The largest absolute Gasteiger partial charge is 0.495 e. The van der Waals surface area contributed by atoms with Gasteiger partial charge in [-0.2, -0.15) is 8.42 Å². The standard InChI is InChI=1S/C8H11NO4S/c1-13-8-3-2-6(4-7(8)9)5-14(10,11)12/h2-4H,5,9H2,1H3,(H,10,11,12). The molecule has 14 heavy (non-hydrogen) atoms. The molecule has 0 aliphatic rings. The van der Waals surface area contributed by atoms with Gasteiger partial charge in [0.25, 0.3) is 10.1 Å². The van der Waals surface area contributed by atoms with Crippen molar-refractivity contribution in [3.8, 4) is 5.75 Å². The number of nitrogens with two attached hydrogens (primary N) is 1. The molecule has 0 aromatic heterocycles. The van der Waals surface area contributed by atoms with Gasteiger partial charge in [0.2, 0.25) is 0 Å². The number of anilines is 1. The van der Waals surface area contributed by atoms with Crippen LogP contribution in [0.2, 0.25) is 0 Å². The van der Waals surface area contributed by atoms with Crippen LogP contribution in [-0.4, -0.2) is 20.1 Å². The van der Waals surface area contributed by atoms with Crippen LogP contribution in [0.3, 0.4) is 0 Å². The number of benzene rings is 1. The van der Waals surface area contributed by atoms with Gasteiger partial charge in [-0.3, -0.25) is 4.55 Å². The fourth-order valence-electron chi connectivity index (χ4n) is 1.08. The molecular weight excluding hydrogens is 206 g/mol. The van der Waals surface area contributed by atoms with E-state index in [4.69, 9.17) is 15.0 Å². The van der Waals surface area contributed by atoms with Crippen molar-refractivity contribution in [2.24, 2.45) is 0 Å². The van der Waals surface area contributed by atoms with Crippen LogP contribution >= 0.6 is 0 Å². The summed E-state index contributed by atoms with van der Waals surface area (Å²) in [5.41, 5.74) is 6.31. The highest BCUT2D eigenvalue weighted by atomic mass is 32.2. The highest BCUT2D eigenvalue weighted by Crippen LogP contribution is 2.22. The molecule has 6 heteroatoms. The monoisotopic (exact) mass is 217 g/mol. The third-order valence-corrected chi connectivity index (χ3v) is 2.34. The van der Waals surface area contributed by atoms with E-state index >= 15 is 0 Å². The Morgan fingerprint density at radius 3 is 2.57 bits per heavy atom. The Labute approximate surface area is 82.2 Å². The Kier molecular flexibility index (Phi) is 2.97. The second kappa shape index (κ2) is 3.85. The van der Waals surface area contributed by atoms with E-state index < -0.39 is 15.9 Å². The van der Waals surface area contributed by atoms with Crippen LogP contribution in [0.15, 0.2) is 18.2 Å². The van der Waals surface area contributed by atoms with Gasteiger partial charge in [-0.15, -0.1) is 0 Å². The first-order chi connectivity index (χ1) is 6.42. The fourth-order valence-corrected chi connectivity index (χ4v) is 1.69. The molecule has 0 bridgehead atoms. The third kappa shape index (κ3) is 2.90. The van der Waals surface area contributed by atoms with Crippen molar-refractivity contribution in [3.05, 3.63) is 23.8 Å².